The van der Waals surface area contributed by atoms with Gasteiger partial charge in [0.15, 0.2) is 5.82 Å². The maximum Gasteiger partial charge on any atom is 0.185 e. The third-order valence-electron chi connectivity index (χ3n) is 6.27. The second-order valence-electron chi connectivity index (χ2n) is 8.44. The summed E-state index contributed by atoms with van der Waals surface area (Å²) in [4.78, 5) is 8.49. The third kappa shape index (κ3) is 3.31. The molecule has 7 heteroatoms. The average Bonchev–Trinajstić information content (AvgIpc) is 3.35. The first kappa shape index (κ1) is 18.0. The monoisotopic (exact) mass is 388 g/mol. The van der Waals surface area contributed by atoms with E-state index in [1.165, 1.54) is 12.8 Å². The van der Waals surface area contributed by atoms with E-state index in [-0.39, 0.29) is 11.3 Å². The van der Waals surface area contributed by atoms with Crippen LogP contribution in [0.3, 0.4) is 0 Å². The van der Waals surface area contributed by atoms with Gasteiger partial charge >= 0.3 is 0 Å². The fourth-order valence-electron chi connectivity index (χ4n) is 4.74. The van der Waals surface area contributed by atoms with Crippen molar-refractivity contribution in [2.24, 2.45) is 5.92 Å². The first-order valence-electron chi connectivity index (χ1n) is 9.99. The van der Waals surface area contributed by atoms with E-state index in [0.29, 0.717) is 23.3 Å². The number of imidazole rings is 1. The number of rotatable bonds is 4. The Kier molecular flexibility index (Phi) is 4.20. The number of allylic oxidation sites excluding steroid dienone is 1. The van der Waals surface area contributed by atoms with Gasteiger partial charge in [0, 0.05) is 30.0 Å². The number of aromatic hydroxyl groups is 1. The van der Waals surface area contributed by atoms with Crippen molar-refractivity contribution in [3.05, 3.63) is 55.4 Å². The molecule has 0 aliphatic carbocycles. The molecule has 3 atom stereocenters. The number of nitrogens with zero attached hydrogens (tertiary/aromatic N) is 5. The molecular formula is C22H24N6O. The Morgan fingerprint density at radius 3 is 2.93 bits per heavy atom. The van der Waals surface area contributed by atoms with Gasteiger partial charge in [0.2, 0.25) is 0 Å². The zero-order valence-corrected chi connectivity index (χ0v) is 16.4. The summed E-state index contributed by atoms with van der Waals surface area (Å²) in [5.74, 6) is 0.902. The van der Waals surface area contributed by atoms with Crippen LogP contribution in [0, 0.1) is 5.92 Å². The number of phenolic OH excluding ortho intramolecular Hbond substituents is 1. The number of aromatic nitrogens is 5. The normalized spacial score (nSPS) is 25.8. The van der Waals surface area contributed by atoms with Crippen molar-refractivity contribution in [3.63, 3.8) is 0 Å². The Hall–Kier alpha value is -3.06. The van der Waals surface area contributed by atoms with E-state index in [2.05, 4.69) is 39.0 Å². The molecular weight excluding hydrogens is 364 g/mol. The van der Waals surface area contributed by atoms with E-state index < -0.39 is 0 Å². The number of hydrogen-bond acceptors (Lipinski definition) is 6. The smallest absolute Gasteiger partial charge is 0.185 e. The molecule has 2 N–H and O–H groups in total. The summed E-state index contributed by atoms with van der Waals surface area (Å²) in [6.45, 7) is 6.61. The highest BCUT2D eigenvalue weighted by atomic mass is 16.3. The fraction of sp³-hybridized carbons (Fsp3) is 0.364. The van der Waals surface area contributed by atoms with Crippen LogP contribution in [-0.4, -0.2) is 41.4 Å². The molecule has 0 spiro atoms. The Morgan fingerprint density at radius 1 is 1.34 bits per heavy atom. The van der Waals surface area contributed by atoms with Gasteiger partial charge in [-0.1, -0.05) is 6.58 Å². The molecule has 2 unspecified atom stereocenters. The molecule has 0 saturated carbocycles. The minimum absolute atomic E-state index is 0.104. The van der Waals surface area contributed by atoms with Crippen molar-refractivity contribution >= 4 is 5.57 Å². The summed E-state index contributed by atoms with van der Waals surface area (Å²) in [6.07, 6.45) is 11.5. The fourth-order valence-corrected chi connectivity index (χ4v) is 4.74. The molecule has 5 rings (SSSR count). The van der Waals surface area contributed by atoms with Crippen molar-refractivity contribution in [3.8, 4) is 22.8 Å². The Morgan fingerprint density at radius 2 is 2.24 bits per heavy atom. The molecule has 0 radical (unpaired) electrons. The highest BCUT2D eigenvalue weighted by Crippen LogP contribution is 2.43. The summed E-state index contributed by atoms with van der Waals surface area (Å²) in [5, 5.41) is 22.8. The average molecular weight is 388 g/mol. The lowest BCUT2D eigenvalue weighted by atomic mass is 9.80. The molecule has 2 saturated heterocycles. The van der Waals surface area contributed by atoms with Gasteiger partial charge in [-0.25, -0.2) is 9.97 Å². The van der Waals surface area contributed by atoms with Crippen molar-refractivity contribution in [2.45, 2.75) is 44.2 Å². The zero-order valence-electron chi connectivity index (χ0n) is 16.4. The van der Waals surface area contributed by atoms with Crippen molar-refractivity contribution in [1.29, 1.82) is 0 Å². The van der Waals surface area contributed by atoms with Crippen LogP contribution in [-0.2, 0) is 0 Å². The van der Waals surface area contributed by atoms with Crippen LogP contribution >= 0.6 is 0 Å². The molecule has 1 aromatic carbocycles. The zero-order chi connectivity index (χ0) is 20.0. The SMILES string of the molecule is C=C(c1cnc(-c2ccc(-n3ccnc3)cc2O)nn1)C1CC2CC[C@@](C)(C1)N2. The van der Waals surface area contributed by atoms with Crippen LogP contribution < -0.4 is 5.32 Å². The largest absolute Gasteiger partial charge is 0.507 e. The molecule has 2 bridgehead atoms. The van der Waals surface area contributed by atoms with Gasteiger partial charge in [0.25, 0.3) is 0 Å². The van der Waals surface area contributed by atoms with Gasteiger partial charge in [0.1, 0.15) is 11.4 Å². The van der Waals surface area contributed by atoms with E-state index in [1.54, 1.807) is 30.9 Å². The highest BCUT2D eigenvalue weighted by Gasteiger charge is 2.42. The number of hydrogen-bond donors (Lipinski definition) is 2. The van der Waals surface area contributed by atoms with Gasteiger partial charge in [-0.3, -0.25) is 0 Å². The maximum absolute atomic E-state index is 10.5. The van der Waals surface area contributed by atoms with Crippen LogP contribution in [0.15, 0.2) is 49.7 Å². The quantitative estimate of drug-likeness (QED) is 0.712. The van der Waals surface area contributed by atoms with Gasteiger partial charge in [-0.2, -0.15) is 0 Å². The summed E-state index contributed by atoms with van der Waals surface area (Å²) in [5.41, 5.74) is 3.32. The molecule has 7 nitrogen and oxygen atoms in total. The molecule has 2 aliphatic heterocycles. The van der Waals surface area contributed by atoms with E-state index in [1.807, 2.05) is 16.8 Å². The topological polar surface area (TPSA) is 88.8 Å². The number of nitrogens with one attached hydrogen (secondary N) is 1. The second kappa shape index (κ2) is 6.77. The minimum Gasteiger partial charge on any atom is -0.507 e. The van der Waals surface area contributed by atoms with Gasteiger partial charge in [-0.15, -0.1) is 10.2 Å². The minimum atomic E-state index is 0.104. The predicted molar refractivity (Wildman–Crippen MR) is 110 cm³/mol. The van der Waals surface area contributed by atoms with Crippen LogP contribution in [0.1, 0.15) is 38.3 Å². The Bertz CT molecular complexity index is 1050. The number of benzene rings is 1. The number of phenols is 1. The molecule has 3 aromatic rings. The molecule has 148 valence electrons. The first-order valence-corrected chi connectivity index (χ1v) is 9.99. The van der Waals surface area contributed by atoms with E-state index in [4.69, 9.17) is 0 Å². The molecule has 4 heterocycles. The summed E-state index contributed by atoms with van der Waals surface area (Å²) in [7, 11) is 0. The number of piperidine rings is 1. The summed E-state index contributed by atoms with van der Waals surface area (Å²) < 4.78 is 1.82. The van der Waals surface area contributed by atoms with Crippen LogP contribution in [0.5, 0.6) is 5.75 Å². The second-order valence-corrected chi connectivity index (χ2v) is 8.44. The molecule has 29 heavy (non-hydrogen) atoms. The highest BCUT2D eigenvalue weighted by molar-refractivity contribution is 5.67. The maximum atomic E-state index is 10.5. The van der Waals surface area contributed by atoms with Gasteiger partial charge < -0.3 is 15.0 Å². The van der Waals surface area contributed by atoms with E-state index in [9.17, 15) is 5.11 Å². The van der Waals surface area contributed by atoms with Crippen molar-refractivity contribution < 1.29 is 5.11 Å². The summed E-state index contributed by atoms with van der Waals surface area (Å²) in [6, 6.07) is 5.92. The Labute approximate surface area is 169 Å². The van der Waals surface area contributed by atoms with E-state index in [0.717, 1.165) is 29.8 Å². The molecule has 2 fully saturated rings. The summed E-state index contributed by atoms with van der Waals surface area (Å²) >= 11 is 0. The first-order chi connectivity index (χ1) is 14.0. The third-order valence-corrected chi connectivity index (χ3v) is 6.27. The van der Waals surface area contributed by atoms with Crippen molar-refractivity contribution in [2.75, 3.05) is 0 Å². The lowest BCUT2D eigenvalue weighted by Crippen LogP contribution is -2.47. The van der Waals surface area contributed by atoms with Gasteiger partial charge in [0.05, 0.1) is 23.8 Å². The Balaban J connectivity index is 1.36. The van der Waals surface area contributed by atoms with Crippen LogP contribution in [0.4, 0.5) is 0 Å². The molecule has 2 aliphatic rings. The lowest BCUT2D eigenvalue weighted by molar-refractivity contribution is 0.261. The van der Waals surface area contributed by atoms with Crippen LogP contribution in [0.2, 0.25) is 0 Å². The van der Waals surface area contributed by atoms with Crippen molar-refractivity contribution in [1.82, 2.24) is 30.0 Å². The molecule has 2 aromatic heterocycles. The molecule has 0 amide bonds. The number of fused-ring (bicyclic) bond motifs is 2. The van der Waals surface area contributed by atoms with E-state index >= 15 is 0 Å². The lowest BCUT2D eigenvalue weighted by Gasteiger charge is -2.37. The standard InChI is InChI=1S/C22H24N6O/c1-14(15-9-16-5-6-22(2,11-15)25-16)19-12-24-21(27-26-19)18-4-3-17(10-20(18)29)28-8-7-23-13-28/h3-4,7-8,10,12-13,15-16,25,29H,1,5-6,9,11H2,2H3/t15?,16?,22-/m0/s1. The predicted octanol–water partition coefficient (Wildman–Crippen LogP) is 3.36. The van der Waals surface area contributed by atoms with Gasteiger partial charge in [-0.05, 0) is 56.2 Å². The van der Waals surface area contributed by atoms with Crippen LogP contribution in [0.25, 0.3) is 22.6 Å².